The molecule has 0 radical (unpaired) electrons. The highest BCUT2D eigenvalue weighted by Gasteiger charge is 2.35. The van der Waals surface area contributed by atoms with Crippen LogP contribution in [0.25, 0.3) is 0 Å². The highest BCUT2D eigenvalue weighted by molar-refractivity contribution is 6.18. The van der Waals surface area contributed by atoms with Crippen molar-refractivity contribution < 1.29 is 9.13 Å². The molecule has 3 aliphatic heterocycles. The van der Waals surface area contributed by atoms with Crippen molar-refractivity contribution in [1.29, 1.82) is 0 Å². The summed E-state index contributed by atoms with van der Waals surface area (Å²) >= 11 is 0. The number of para-hydroxylation sites is 1. The monoisotopic (exact) mass is 503 g/mol. The third-order valence-electron chi connectivity index (χ3n) is 6.75. The van der Waals surface area contributed by atoms with Crippen LogP contribution in [-0.2, 0) is 4.74 Å². The molecule has 0 atom stereocenters. The number of ether oxygens (including phenoxy) is 1. The van der Waals surface area contributed by atoms with Gasteiger partial charge in [-0.15, -0.1) is 0 Å². The lowest BCUT2D eigenvalue weighted by molar-refractivity contribution is 0.122. The minimum absolute atomic E-state index is 0.177. The topological polar surface area (TPSA) is 76.5 Å². The molecule has 0 spiro atoms. The summed E-state index contributed by atoms with van der Waals surface area (Å²) in [6.07, 6.45) is 3.78. The van der Waals surface area contributed by atoms with E-state index in [9.17, 15) is 4.39 Å². The summed E-state index contributed by atoms with van der Waals surface area (Å²) in [6.45, 7) is 11.2. The molecular weight excluding hydrogens is 469 g/mol. The van der Waals surface area contributed by atoms with Crippen molar-refractivity contribution in [2.24, 2.45) is 9.98 Å². The first kappa shape index (κ1) is 25.0. The fourth-order valence-corrected chi connectivity index (χ4v) is 4.83. The van der Waals surface area contributed by atoms with Crippen molar-refractivity contribution in [3.8, 4) is 0 Å². The fourth-order valence-electron chi connectivity index (χ4n) is 4.83. The lowest BCUT2D eigenvalue weighted by atomic mass is 10.0. The van der Waals surface area contributed by atoms with Gasteiger partial charge >= 0.3 is 0 Å². The van der Waals surface area contributed by atoms with Crippen LogP contribution in [0.5, 0.6) is 0 Å². The number of aliphatic imine (C=N–C) groups is 2. The minimum Gasteiger partial charge on any atom is -0.378 e. The molecule has 3 aliphatic rings. The van der Waals surface area contributed by atoms with Gasteiger partial charge in [-0.2, -0.15) is 0 Å². The molecule has 2 aromatic rings. The quantitative estimate of drug-likeness (QED) is 0.543. The fraction of sp³-hybridized carbons (Fsp3) is 0.357. The number of amidine groups is 1. The van der Waals surface area contributed by atoms with Crippen LogP contribution in [-0.4, -0.2) is 62.1 Å². The number of piperidine rings is 1. The second-order valence-corrected chi connectivity index (χ2v) is 9.22. The number of hydrogen-bond donors (Lipinski definition) is 3. The molecule has 0 saturated carbocycles. The number of benzene rings is 2. The summed E-state index contributed by atoms with van der Waals surface area (Å²) in [6, 6.07) is 15.1. The van der Waals surface area contributed by atoms with Crippen molar-refractivity contribution in [3.05, 3.63) is 78.5 Å². The largest absolute Gasteiger partial charge is 0.378 e. The van der Waals surface area contributed by atoms with E-state index in [2.05, 4.69) is 44.5 Å². The van der Waals surface area contributed by atoms with E-state index in [4.69, 9.17) is 14.7 Å². The van der Waals surface area contributed by atoms with E-state index in [1.165, 1.54) is 11.8 Å². The third-order valence-corrected chi connectivity index (χ3v) is 6.75. The van der Waals surface area contributed by atoms with E-state index in [0.29, 0.717) is 23.3 Å². The number of morpholine rings is 1. The first-order valence-corrected chi connectivity index (χ1v) is 12.9. The Balaban J connectivity index is 1.36. The van der Waals surface area contributed by atoms with Gasteiger partial charge in [-0.25, -0.2) is 14.4 Å². The van der Waals surface area contributed by atoms with E-state index in [1.54, 1.807) is 18.2 Å². The summed E-state index contributed by atoms with van der Waals surface area (Å²) < 4.78 is 19.9. The molecule has 9 heteroatoms. The number of rotatable bonds is 6. The molecule has 2 aromatic carbocycles. The predicted octanol–water partition coefficient (Wildman–Crippen LogP) is 4.38. The van der Waals surface area contributed by atoms with Crippen LogP contribution in [0, 0.1) is 5.82 Å². The van der Waals surface area contributed by atoms with Gasteiger partial charge in [0.1, 0.15) is 17.3 Å². The van der Waals surface area contributed by atoms with Crippen molar-refractivity contribution in [2.75, 3.05) is 54.9 Å². The molecule has 0 bridgehead atoms. The van der Waals surface area contributed by atoms with Gasteiger partial charge < -0.3 is 25.6 Å². The average Bonchev–Trinajstić information content (AvgIpc) is 3.27. The van der Waals surface area contributed by atoms with Gasteiger partial charge in [-0.05, 0) is 69.3 Å². The van der Waals surface area contributed by atoms with Crippen LogP contribution >= 0.6 is 0 Å². The first-order chi connectivity index (χ1) is 18.1. The molecule has 194 valence electrons. The highest BCUT2D eigenvalue weighted by Crippen LogP contribution is 2.27. The number of nitrogens with zero attached hydrogens (tertiary/aromatic N) is 4. The zero-order chi connectivity index (χ0) is 25.6. The summed E-state index contributed by atoms with van der Waals surface area (Å²) in [5, 5.41) is 9.94. The predicted molar refractivity (Wildman–Crippen MR) is 149 cm³/mol. The van der Waals surface area contributed by atoms with Gasteiger partial charge in [-0.3, -0.25) is 4.90 Å². The Morgan fingerprint density at radius 3 is 2.57 bits per heavy atom. The SMILES string of the molecule is C=C(/N=C1\C(=C/C)N=C(Nc2ccccc2F)N1C1CCNCC1)Nc1ccc(N2CCOCC2)cc1. The maximum absolute atomic E-state index is 14.5. The number of allylic oxidation sites excluding steroid dienone is 1. The van der Waals surface area contributed by atoms with Gasteiger partial charge in [0.25, 0.3) is 0 Å². The van der Waals surface area contributed by atoms with E-state index in [0.717, 1.165) is 63.6 Å². The van der Waals surface area contributed by atoms with Crippen LogP contribution in [0.4, 0.5) is 21.5 Å². The maximum Gasteiger partial charge on any atom is 0.209 e. The second kappa shape index (κ2) is 11.6. The van der Waals surface area contributed by atoms with Crippen molar-refractivity contribution >= 4 is 28.9 Å². The molecule has 0 aliphatic carbocycles. The molecule has 2 fully saturated rings. The Hall–Kier alpha value is -3.69. The summed E-state index contributed by atoms with van der Waals surface area (Å²) in [4.78, 5) is 14.1. The molecule has 37 heavy (non-hydrogen) atoms. The standard InChI is InChI=1S/C28H34FN7O/c1-3-25-27(32-20(2)31-21-8-10-22(11-9-21)35-16-18-37-19-17-35)36(23-12-14-30-15-13-23)28(33-25)34-26-7-5-4-6-24(26)29/h3-11,23,30-31H,2,12-19H2,1H3,(H,33,34)/b25-3+,32-27+. The zero-order valence-electron chi connectivity index (χ0n) is 21.2. The molecule has 3 N–H and O–H groups in total. The van der Waals surface area contributed by atoms with Crippen LogP contribution in [0.2, 0.25) is 0 Å². The van der Waals surface area contributed by atoms with Crippen LogP contribution < -0.4 is 20.9 Å². The van der Waals surface area contributed by atoms with Gasteiger partial charge in [0.05, 0.1) is 18.9 Å². The zero-order valence-corrected chi connectivity index (χ0v) is 21.2. The Morgan fingerprint density at radius 2 is 1.86 bits per heavy atom. The number of halogens is 1. The maximum atomic E-state index is 14.5. The number of guanidine groups is 1. The molecular formula is C28H34FN7O. The lowest BCUT2D eigenvalue weighted by Crippen LogP contribution is -2.49. The van der Waals surface area contributed by atoms with E-state index in [-0.39, 0.29) is 11.9 Å². The molecule has 5 rings (SSSR count). The molecule has 0 amide bonds. The molecule has 3 heterocycles. The van der Waals surface area contributed by atoms with Crippen molar-refractivity contribution in [1.82, 2.24) is 10.2 Å². The highest BCUT2D eigenvalue weighted by atomic mass is 19.1. The summed E-state index contributed by atoms with van der Waals surface area (Å²) in [7, 11) is 0. The number of nitrogens with one attached hydrogen (secondary N) is 3. The Kier molecular flexibility index (Phi) is 7.82. The van der Waals surface area contributed by atoms with Crippen molar-refractivity contribution in [2.45, 2.75) is 25.8 Å². The molecule has 0 aromatic heterocycles. The van der Waals surface area contributed by atoms with Crippen LogP contribution in [0.15, 0.2) is 82.7 Å². The van der Waals surface area contributed by atoms with Crippen LogP contribution in [0.3, 0.4) is 0 Å². The molecule has 2 saturated heterocycles. The number of hydrogen-bond acceptors (Lipinski definition) is 7. The number of anilines is 3. The summed E-state index contributed by atoms with van der Waals surface area (Å²) in [5.74, 6) is 1.46. The normalized spacial score (nSPS) is 20.9. The van der Waals surface area contributed by atoms with Gasteiger partial charge in [-0.1, -0.05) is 24.8 Å². The second-order valence-electron chi connectivity index (χ2n) is 9.22. The minimum atomic E-state index is -0.325. The van der Waals surface area contributed by atoms with E-state index >= 15 is 0 Å². The lowest BCUT2D eigenvalue weighted by Gasteiger charge is -2.34. The van der Waals surface area contributed by atoms with Gasteiger partial charge in [0.2, 0.25) is 5.96 Å². The Labute approximate surface area is 217 Å². The Morgan fingerprint density at radius 1 is 1.14 bits per heavy atom. The third kappa shape index (κ3) is 5.84. The van der Waals surface area contributed by atoms with Crippen molar-refractivity contribution in [3.63, 3.8) is 0 Å². The average molecular weight is 504 g/mol. The first-order valence-electron chi connectivity index (χ1n) is 12.9. The van der Waals surface area contributed by atoms with Gasteiger partial charge in [0, 0.05) is 30.5 Å². The smallest absolute Gasteiger partial charge is 0.209 e. The van der Waals surface area contributed by atoms with Crippen LogP contribution in [0.1, 0.15) is 19.8 Å². The van der Waals surface area contributed by atoms with Gasteiger partial charge in [0.15, 0.2) is 5.84 Å². The Bertz CT molecular complexity index is 1200. The van der Waals surface area contributed by atoms with E-state index in [1.807, 2.05) is 25.1 Å². The summed E-state index contributed by atoms with van der Waals surface area (Å²) in [5.41, 5.74) is 3.19. The molecule has 8 nitrogen and oxygen atoms in total. The van der Waals surface area contributed by atoms with E-state index < -0.39 is 0 Å². The molecule has 0 unspecified atom stereocenters.